The molecule has 2 amide bonds. The lowest BCUT2D eigenvalue weighted by Gasteiger charge is -2.43. The first kappa shape index (κ1) is 24.5. The third kappa shape index (κ3) is 7.47. The van der Waals surface area contributed by atoms with Crippen LogP contribution in [0.2, 0.25) is 5.02 Å². The molecule has 0 aromatic heterocycles. The zero-order valence-electron chi connectivity index (χ0n) is 18.3. The Bertz CT molecular complexity index is 787. The number of fused-ring (bicyclic) bond motifs is 1. The zero-order valence-corrected chi connectivity index (χ0v) is 20.7. The first-order valence-corrected chi connectivity index (χ1v) is 13.8. The summed E-state index contributed by atoms with van der Waals surface area (Å²) in [4.78, 5) is 28.5. The van der Waals surface area contributed by atoms with Gasteiger partial charge in [0.15, 0.2) is 0 Å². The van der Waals surface area contributed by atoms with Crippen molar-refractivity contribution in [1.82, 2.24) is 10.2 Å². The Balaban J connectivity index is 1.60. The zero-order chi connectivity index (χ0) is 22.1. The number of nitrogens with zero attached hydrogens (tertiary/aromatic N) is 1. The molecule has 1 saturated carbocycles. The van der Waals surface area contributed by atoms with E-state index in [-0.39, 0.29) is 24.4 Å². The van der Waals surface area contributed by atoms with Crippen LogP contribution in [0.5, 0.6) is 0 Å². The molecule has 2 fully saturated rings. The molecule has 2 unspecified atom stereocenters. The van der Waals surface area contributed by atoms with E-state index in [9.17, 15) is 9.59 Å². The van der Waals surface area contributed by atoms with Gasteiger partial charge in [-0.05, 0) is 61.0 Å². The normalized spacial score (nSPS) is 22.5. The van der Waals surface area contributed by atoms with Crippen LogP contribution in [0.3, 0.4) is 0 Å². The Kier molecular flexibility index (Phi) is 10.1. The van der Waals surface area contributed by atoms with E-state index in [0.717, 1.165) is 37.0 Å². The smallest absolute Gasteiger partial charge is 0.261 e. The molecule has 1 aromatic carbocycles. The maximum atomic E-state index is 13.3. The molecular weight excluding hydrogens is 448 g/mol. The second kappa shape index (κ2) is 12.8. The van der Waals surface area contributed by atoms with Crippen LogP contribution >= 0.6 is 35.1 Å². The molecule has 1 aliphatic carbocycles. The van der Waals surface area contributed by atoms with E-state index in [0.29, 0.717) is 21.7 Å². The van der Waals surface area contributed by atoms with Gasteiger partial charge in [0.1, 0.15) is 6.54 Å². The number of halogens is 1. The van der Waals surface area contributed by atoms with Crippen molar-refractivity contribution in [1.29, 1.82) is 0 Å². The molecule has 2 atom stereocenters. The monoisotopic (exact) mass is 480 g/mol. The van der Waals surface area contributed by atoms with Gasteiger partial charge in [0.25, 0.3) is 5.91 Å². The van der Waals surface area contributed by atoms with Crippen LogP contribution in [-0.4, -0.2) is 52.6 Å². The molecule has 0 bridgehead atoms. The van der Waals surface area contributed by atoms with Crippen molar-refractivity contribution in [3.8, 4) is 0 Å². The molecular formula is C24H33ClN2O2S2. The molecule has 0 radical (unpaired) electrons. The average molecular weight is 481 g/mol. The van der Waals surface area contributed by atoms with Crippen molar-refractivity contribution in [2.24, 2.45) is 0 Å². The number of rotatable bonds is 10. The van der Waals surface area contributed by atoms with Gasteiger partial charge in [0, 0.05) is 22.9 Å². The van der Waals surface area contributed by atoms with Gasteiger partial charge in [-0.3, -0.25) is 9.59 Å². The molecule has 3 rings (SSSR count). The summed E-state index contributed by atoms with van der Waals surface area (Å²) in [6.07, 6.45) is 9.73. The molecule has 1 saturated heterocycles. The van der Waals surface area contributed by atoms with Crippen molar-refractivity contribution >= 4 is 53.0 Å². The Morgan fingerprint density at radius 2 is 2.10 bits per heavy atom. The van der Waals surface area contributed by atoms with Gasteiger partial charge in [-0.2, -0.15) is 11.8 Å². The summed E-state index contributed by atoms with van der Waals surface area (Å²) in [6, 6.07) is 7.69. The predicted molar refractivity (Wildman–Crippen MR) is 135 cm³/mol. The minimum Gasteiger partial charge on any atom is -0.355 e. The molecule has 1 aliphatic heterocycles. The minimum absolute atomic E-state index is 0.0293. The highest BCUT2D eigenvalue weighted by Crippen LogP contribution is 2.42. The van der Waals surface area contributed by atoms with Gasteiger partial charge < -0.3 is 10.2 Å². The van der Waals surface area contributed by atoms with Crippen molar-refractivity contribution < 1.29 is 9.59 Å². The average Bonchev–Trinajstić information content (AvgIpc) is 2.76. The van der Waals surface area contributed by atoms with Crippen molar-refractivity contribution in [3.05, 3.63) is 39.8 Å². The number of hydrogen-bond donors (Lipinski definition) is 1. The molecule has 0 spiro atoms. The lowest BCUT2D eigenvalue weighted by atomic mass is 9.93. The maximum Gasteiger partial charge on any atom is 0.261 e. The third-order valence-electron chi connectivity index (χ3n) is 5.71. The summed E-state index contributed by atoms with van der Waals surface area (Å²) < 4.78 is 0. The molecule has 4 nitrogen and oxygen atoms in total. The summed E-state index contributed by atoms with van der Waals surface area (Å²) in [5.41, 5.74) is 0.919. The fourth-order valence-electron chi connectivity index (χ4n) is 4.07. The molecule has 2 aliphatic rings. The van der Waals surface area contributed by atoms with Crippen molar-refractivity contribution in [3.63, 3.8) is 0 Å². The summed E-state index contributed by atoms with van der Waals surface area (Å²) in [5.74, 6) is 2.18. The van der Waals surface area contributed by atoms with E-state index in [1.54, 1.807) is 11.8 Å². The lowest BCUT2D eigenvalue weighted by molar-refractivity contribution is -0.135. The second-order valence-electron chi connectivity index (χ2n) is 8.17. The third-order valence-corrected chi connectivity index (χ3v) is 8.50. The molecule has 1 aromatic rings. The number of benzene rings is 1. The number of thioether (sulfide) groups is 2. The van der Waals surface area contributed by atoms with Crippen molar-refractivity contribution in [2.45, 2.75) is 63.2 Å². The van der Waals surface area contributed by atoms with E-state index < -0.39 is 0 Å². The number of hydrogen-bond acceptors (Lipinski definition) is 4. The molecule has 1 N–H and O–H groups in total. The Labute approximate surface area is 199 Å². The van der Waals surface area contributed by atoms with E-state index in [1.807, 2.05) is 47.0 Å². The lowest BCUT2D eigenvalue weighted by Crippen LogP contribution is -2.54. The fourth-order valence-corrected chi connectivity index (χ4v) is 6.79. The van der Waals surface area contributed by atoms with Gasteiger partial charge in [-0.1, -0.05) is 49.9 Å². The van der Waals surface area contributed by atoms with Crippen LogP contribution in [0.25, 0.3) is 6.08 Å². The van der Waals surface area contributed by atoms with Crippen LogP contribution in [0.1, 0.15) is 57.4 Å². The number of amides is 2. The SMILES string of the molecule is CCCCSCCCNC(=O)CN1C(=O)/C(=C/c2cccc(Cl)c2)SC2CCCCC21. The molecule has 170 valence electrons. The van der Waals surface area contributed by atoms with E-state index >= 15 is 0 Å². The molecule has 7 heteroatoms. The number of nitrogens with one attached hydrogen (secondary N) is 1. The second-order valence-corrected chi connectivity index (χ2v) is 11.1. The molecule has 1 heterocycles. The number of carbonyl (C=O) groups excluding carboxylic acids is 2. The largest absolute Gasteiger partial charge is 0.355 e. The van der Waals surface area contributed by atoms with E-state index in [4.69, 9.17) is 11.6 Å². The van der Waals surface area contributed by atoms with Gasteiger partial charge in [-0.25, -0.2) is 0 Å². The summed E-state index contributed by atoms with van der Waals surface area (Å²) in [7, 11) is 0. The van der Waals surface area contributed by atoms with Gasteiger partial charge in [-0.15, -0.1) is 11.8 Å². The maximum absolute atomic E-state index is 13.3. The summed E-state index contributed by atoms with van der Waals surface area (Å²) in [5, 5.41) is 4.03. The van der Waals surface area contributed by atoms with Crippen molar-refractivity contribution in [2.75, 3.05) is 24.6 Å². The highest BCUT2D eigenvalue weighted by molar-refractivity contribution is 8.04. The minimum atomic E-state index is -0.0507. The highest BCUT2D eigenvalue weighted by Gasteiger charge is 2.41. The predicted octanol–water partition coefficient (Wildman–Crippen LogP) is 5.61. The van der Waals surface area contributed by atoms with Crippen LogP contribution in [0.4, 0.5) is 0 Å². The standard InChI is InChI=1S/C24H33ClN2O2S2/c1-2-3-13-30-14-7-12-26-23(28)17-27-20-10-4-5-11-21(20)31-22(24(27)29)16-18-8-6-9-19(25)15-18/h6,8-9,15-16,20-21H,2-5,7,10-14,17H2,1H3,(H,26,28)/b22-16-. The fraction of sp³-hybridized carbons (Fsp3) is 0.583. The van der Waals surface area contributed by atoms with Crippen LogP contribution < -0.4 is 5.32 Å². The number of carbonyl (C=O) groups is 2. The quantitative estimate of drug-likeness (QED) is 0.349. The topological polar surface area (TPSA) is 49.4 Å². The van der Waals surface area contributed by atoms with E-state index in [1.165, 1.54) is 25.0 Å². The Morgan fingerprint density at radius 1 is 1.29 bits per heavy atom. The van der Waals surface area contributed by atoms with Crippen LogP contribution in [-0.2, 0) is 9.59 Å². The van der Waals surface area contributed by atoms with Gasteiger partial charge in [0.2, 0.25) is 5.91 Å². The van der Waals surface area contributed by atoms with Gasteiger partial charge in [0.05, 0.1) is 4.91 Å². The van der Waals surface area contributed by atoms with Crippen LogP contribution in [0.15, 0.2) is 29.2 Å². The summed E-state index contributed by atoms with van der Waals surface area (Å²) >= 11 is 9.74. The Hall–Kier alpha value is -1.11. The molecule has 31 heavy (non-hydrogen) atoms. The first-order valence-electron chi connectivity index (χ1n) is 11.4. The Morgan fingerprint density at radius 3 is 2.90 bits per heavy atom. The summed E-state index contributed by atoms with van der Waals surface area (Å²) in [6.45, 7) is 3.03. The highest BCUT2D eigenvalue weighted by atomic mass is 35.5. The van der Waals surface area contributed by atoms with E-state index in [2.05, 4.69) is 12.2 Å². The van der Waals surface area contributed by atoms with Gasteiger partial charge >= 0.3 is 0 Å². The number of unbranched alkanes of at least 4 members (excludes halogenated alkanes) is 1. The first-order chi connectivity index (χ1) is 15.1. The van der Waals surface area contributed by atoms with Crippen LogP contribution in [0, 0.1) is 0 Å².